The highest BCUT2D eigenvalue weighted by Gasteiger charge is 2.10. The molecule has 1 aromatic carbocycles. The van der Waals surface area contributed by atoms with Crippen LogP contribution in [0.3, 0.4) is 0 Å². The molecular formula is C13H19BrN2O. The monoisotopic (exact) mass is 298 g/mol. The van der Waals surface area contributed by atoms with Gasteiger partial charge in [-0.15, -0.1) is 0 Å². The molecule has 17 heavy (non-hydrogen) atoms. The molecule has 0 radical (unpaired) electrons. The third-order valence-electron chi connectivity index (χ3n) is 2.84. The summed E-state index contributed by atoms with van der Waals surface area (Å²) in [6, 6.07) is 5.79. The maximum absolute atomic E-state index is 11.8. The van der Waals surface area contributed by atoms with E-state index >= 15 is 0 Å². The molecule has 0 bridgehead atoms. The van der Waals surface area contributed by atoms with E-state index in [-0.39, 0.29) is 11.8 Å². The molecule has 3 nitrogen and oxygen atoms in total. The Morgan fingerprint density at radius 1 is 1.53 bits per heavy atom. The second kappa shape index (κ2) is 6.77. The van der Waals surface area contributed by atoms with Crippen molar-refractivity contribution in [2.75, 3.05) is 11.9 Å². The Balaban J connectivity index is 2.58. The van der Waals surface area contributed by atoms with Gasteiger partial charge in [-0.1, -0.05) is 35.3 Å². The van der Waals surface area contributed by atoms with Gasteiger partial charge in [-0.2, -0.15) is 0 Å². The van der Waals surface area contributed by atoms with Crippen molar-refractivity contribution < 1.29 is 4.79 Å². The molecule has 0 heterocycles. The molecule has 1 aromatic rings. The van der Waals surface area contributed by atoms with Gasteiger partial charge in [0, 0.05) is 16.6 Å². The van der Waals surface area contributed by atoms with Crippen LogP contribution in [0.1, 0.15) is 25.3 Å². The Labute approximate surface area is 111 Å². The molecule has 0 spiro atoms. The van der Waals surface area contributed by atoms with Crippen molar-refractivity contribution in [3.05, 3.63) is 28.2 Å². The summed E-state index contributed by atoms with van der Waals surface area (Å²) in [5.74, 6) is 0.293. The van der Waals surface area contributed by atoms with E-state index < -0.39 is 0 Å². The first kappa shape index (κ1) is 14.2. The highest BCUT2D eigenvalue weighted by molar-refractivity contribution is 9.10. The quantitative estimate of drug-likeness (QED) is 0.878. The number of nitrogens with one attached hydrogen (secondary N) is 1. The summed E-state index contributed by atoms with van der Waals surface area (Å²) in [6.45, 7) is 4.62. The van der Waals surface area contributed by atoms with Crippen LogP contribution in [0.15, 0.2) is 22.7 Å². The van der Waals surface area contributed by atoms with E-state index in [2.05, 4.69) is 21.2 Å². The van der Waals surface area contributed by atoms with Gasteiger partial charge in [0.2, 0.25) is 5.91 Å². The molecule has 1 atom stereocenters. The van der Waals surface area contributed by atoms with Crippen molar-refractivity contribution in [2.24, 2.45) is 11.7 Å². The van der Waals surface area contributed by atoms with Gasteiger partial charge in [0.05, 0.1) is 0 Å². The van der Waals surface area contributed by atoms with Crippen molar-refractivity contribution in [3.63, 3.8) is 0 Å². The predicted octanol–water partition coefficient (Wildman–Crippen LogP) is 3.07. The van der Waals surface area contributed by atoms with Crippen LogP contribution in [0, 0.1) is 12.8 Å². The van der Waals surface area contributed by atoms with Gasteiger partial charge >= 0.3 is 0 Å². The van der Waals surface area contributed by atoms with Gasteiger partial charge in [0.1, 0.15) is 0 Å². The lowest BCUT2D eigenvalue weighted by molar-refractivity contribution is -0.117. The van der Waals surface area contributed by atoms with E-state index in [9.17, 15) is 4.79 Å². The summed E-state index contributed by atoms with van der Waals surface area (Å²) in [5, 5.41) is 2.88. The fourth-order valence-electron chi connectivity index (χ4n) is 1.54. The summed E-state index contributed by atoms with van der Waals surface area (Å²) in [4.78, 5) is 11.8. The molecule has 0 fully saturated rings. The number of aryl methyl sites for hydroxylation is 1. The summed E-state index contributed by atoms with van der Waals surface area (Å²) in [5.41, 5.74) is 7.55. The van der Waals surface area contributed by atoms with Crippen LogP contribution in [0.4, 0.5) is 5.69 Å². The molecule has 0 aromatic heterocycles. The van der Waals surface area contributed by atoms with Gasteiger partial charge in [-0.3, -0.25) is 4.79 Å². The van der Waals surface area contributed by atoms with Crippen molar-refractivity contribution in [1.29, 1.82) is 0 Å². The van der Waals surface area contributed by atoms with E-state index in [1.54, 1.807) is 0 Å². The molecular weight excluding hydrogens is 280 g/mol. The summed E-state index contributed by atoms with van der Waals surface area (Å²) < 4.78 is 1.00. The molecule has 1 unspecified atom stereocenters. The van der Waals surface area contributed by atoms with Crippen molar-refractivity contribution in [3.8, 4) is 0 Å². The number of nitrogens with two attached hydrogens (primary N) is 1. The van der Waals surface area contributed by atoms with Crippen LogP contribution >= 0.6 is 15.9 Å². The van der Waals surface area contributed by atoms with Crippen LogP contribution in [0.2, 0.25) is 0 Å². The van der Waals surface area contributed by atoms with Gasteiger partial charge in [-0.25, -0.2) is 0 Å². The van der Waals surface area contributed by atoms with Crippen LogP contribution in [-0.2, 0) is 4.79 Å². The molecule has 1 amide bonds. The third kappa shape index (κ3) is 4.48. The maximum Gasteiger partial charge on any atom is 0.224 e. The van der Waals surface area contributed by atoms with Gasteiger partial charge < -0.3 is 11.1 Å². The molecule has 0 aliphatic rings. The van der Waals surface area contributed by atoms with Crippen molar-refractivity contribution in [2.45, 2.75) is 26.7 Å². The van der Waals surface area contributed by atoms with Crippen LogP contribution in [-0.4, -0.2) is 12.5 Å². The Morgan fingerprint density at radius 3 is 2.76 bits per heavy atom. The second-order valence-corrected chi connectivity index (χ2v) is 5.08. The van der Waals surface area contributed by atoms with E-state index in [1.807, 2.05) is 32.0 Å². The summed E-state index contributed by atoms with van der Waals surface area (Å²) in [6.07, 6.45) is 1.42. The second-order valence-electron chi connectivity index (χ2n) is 4.23. The Morgan fingerprint density at radius 2 is 2.24 bits per heavy atom. The zero-order chi connectivity index (χ0) is 12.8. The number of rotatable bonds is 5. The van der Waals surface area contributed by atoms with Crippen molar-refractivity contribution >= 4 is 27.5 Å². The topological polar surface area (TPSA) is 55.1 Å². The third-order valence-corrected chi connectivity index (χ3v) is 3.69. The van der Waals surface area contributed by atoms with Gasteiger partial charge in [0.25, 0.3) is 0 Å². The minimum atomic E-state index is 0.0260. The highest BCUT2D eigenvalue weighted by Crippen LogP contribution is 2.21. The first-order valence-electron chi connectivity index (χ1n) is 5.82. The average Bonchev–Trinajstić information content (AvgIpc) is 2.31. The standard InChI is InChI=1S/C13H19BrN2O/c1-3-10(8-15)6-13(17)16-11-5-4-9(2)12(14)7-11/h4-5,7,10H,3,6,8,15H2,1-2H3,(H,16,17). The number of carbonyl (C=O) groups is 1. The molecule has 4 heteroatoms. The zero-order valence-electron chi connectivity index (χ0n) is 10.3. The average molecular weight is 299 g/mol. The number of hydrogen-bond acceptors (Lipinski definition) is 2. The zero-order valence-corrected chi connectivity index (χ0v) is 11.9. The van der Waals surface area contributed by atoms with Crippen LogP contribution in [0.5, 0.6) is 0 Å². The molecule has 0 saturated heterocycles. The highest BCUT2D eigenvalue weighted by atomic mass is 79.9. The smallest absolute Gasteiger partial charge is 0.224 e. The van der Waals surface area contributed by atoms with Crippen LogP contribution in [0.25, 0.3) is 0 Å². The first-order chi connectivity index (χ1) is 8.06. The lowest BCUT2D eigenvalue weighted by Crippen LogP contribution is -2.21. The number of amides is 1. The maximum atomic E-state index is 11.8. The number of halogens is 1. The molecule has 3 N–H and O–H groups in total. The van der Waals surface area contributed by atoms with E-state index in [0.717, 1.165) is 22.1 Å². The lowest BCUT2D eigenvalue weighted by Gasteiger charge is -2.12. The number of carbonyl (C=O) groups excluding carboxylic acids is 1. The Kier molecular flexibility index (Phi) is 5.65. The van der Waals surface area contributed by atoms with E-state index in [0.29, 0.717) is 13.0 Å². The largest absolute Gasteiger partial charge is 0.330 e. The fourth-order valence-corrected chi connectivity index (χ4v) is 1.92. The fraction of sp³-hybridized carbons (Fsp3) is 0.462. The summed E-state index contributed by atoms with van der Waals surface area (Å²) >= 11 is 3.44. The molecule has 1 rings (SSSR count). The molecule has 0 aliphatic heterocycles. The number of anilines is 1. The molecule has 0 aliphatic carbocycles. The SMILES string of the molecule is CCC(CN)CC(=O)Nc1ccc(C)c(Br)c1. The number of hydrogen-bond donors (Lipinski definition) is 2. The number of benzene rings is 1. The first-order valence-corrected chi connectivity index (χ1v) is 6.62. The Bertz CT molecular complexity index is 389. The normalized spacial score (nSPS) is 12.2. The van der Waals surface area contributed by atoms with Crippen molar-refractivity contribution in [1.82, 2.24) is 0 Å². The molecule has 94 valence electrons. The van der Waals surface area contributed by atoms with E-state index in [1.165, 1.54) is 0 Å². The van der Waals surface area contributed by atoms with Crippen LogP contribution < -0.4 is 11.1 Å². The summed E-state index contributed by atoms with van der Waals surface area (Å²) in [7, 11) is 0. The van der Waals surface area contributed by atoms with Gasteiger partial charge in [0.15, 0.2) is 0 Å². The van der Waals surface area contributed by atoms with E-state index in [4.69, 9.17) is 5.73 Å². The predicted molar refractivity (Wildman–Crippen MR) is 75.0 cm³/mol. The minimum Gasteiger partial charge on any atom is -0.330 e. The molecule has 0 saturated carbocycles. The lowest BCUT2D eigenvalue weighted by atomic mass is 10.0. The van der Waals surface area contributed by atoms with Gasteiger partial charge in [-0.05, 0) is 37.1 Å². The Hall–Kier alpha value is -0.870. The minimum absolute atomic E-state index is 0.0260.